The zero-order valence-electron chi connectivity index (χ0n) is 11.2. The normalized spacial score (nSPS) is 12.0. The summed E-state index contributed by atoms with van der Waals surface area (Å²) < 4.78 is 26.4. The van der Waals surface area contributed by atoms with Gasteiger partial charge >= 0.3 is 0 Å². The third kappa shape index (κ3) is 4.17. The molecule has 2 aromatic carbocycles. The van der Waals surface area contributed by atoms with Gasteiger partial charge in [-0.05, 0) is 57.9 Å². The Balaban J connectivity index is 2.62. The minimum atomic E-state index is -4.00. The van der Waals surface area contributed by atoms with Gasteiger partial charge < -0.3 is 0 Å². The van der Waals surface area contributed by atoms with Crippen molar-refractivity contribution in [2.24, 2.45) is 0 Å². The third-order valence-corrected chi connectivity index (χ3v) is 6.55. The van der Waals surface area contributed by atoms with Crippen LogP contribution in [-0.4, -0.2) is 8.42 Å². The Morgan fingerprint density at radius 2 is 1.83 bits per heavy atom. The molecule has 0 aliphatic heterocycles. The summed E-state index contributed by atoms with van der Waals surface area (Å²) in [6.45, 7) is 0. The van der Waals surface area contributed by atoms with Crippen LogP contribution in [0.25, 0.3) is 6.08 Å². The van der Waals surface area contributed by atoms with Gasteiger partial charge in [-0.3, -0.25) is 0 Å². The second-order valence-electron chi connectivity index (χ2n) is 4.36. The van der Waals surface area contributed by atoms with Crippen LogP contribution in [0, 0.1) is 11.3 Å². The number of hydrogen-bond donors (Lipinski definition) is 0. The summed E-state index contributed by atoms with van der Waals surface area (Å²) in [5.74, 6) is 0. The molecule has 0 radical (unpaired) electrons. The van der Waals surface area contributed by atoms with Gasteiger partial charge in [-0.15, -0.1) is 0 Å². The molecule has 0 aliphatic rings. The highest BCUT2D eigenvalue weighted by molar-refractivity contribution is 9.11. The maximum Gasteiger partial charge on any atom is 0.217 e. The van der Waals surface area contributed by atoms with Gasteiger partial charge in [-0.25, -0.2) is 8.42 Å². The average molecular weight is 496 g/mol. The summed E-state index contributed by atoms with van der Waals surface area (Å²) in [4.78, 5) is -0.426. The van der Waals surface area contributed by atoms with E-state index in [-0.39, 0.29) is 9.92 Å². The first-order valence-electron chi connectivity index (χ1n) is 6.02. The van der Waals surface area contributed by atoms with Crippen molar-refractivity contribution in [3.63, 3.8) is 0 Å². The molecular formula is C15H7Br2Cl2NO2S. The average Bonchev–Trinajstić information content (AvgIpc) is 2.48. The van der Waals surface area contributed by atoms with E-state index >= 15 is 0 Å². The van der Waals surface area contributed by atoms with Gasteiger partial charge in [0.05, 0.1) is 4.90 Å². The molecule has 2 aromatic rings. The van der Waals surface area contributed by atoms with Gasteiger partial charge in [-0.2, -0.15) is 5.26 Å². The standard InChI is InChI=1S/C15H7Br2Cl2NO2S/c16-10-2-4-13(17)15(6-10)23(21,22)12(8-20)5-9-1-3-11(18)7-14(9)19/h1-7H. The fraction of sp³-hybridized carbons (Fsp3) is 0. The summed E-state index contributed by atoms with van der Waals surface area (Å²) in [5, 5.41) is 9.97. The molecule has 0 N–H and O–H groups in total. The maximum atomic E-state index is 12.7. The lowest BCUT2D eigenvalue weighted by Crippen LogP contribution is -2.04. The Bertz CT molecular complexity index is 950. The van der Waals surface area contributed by atoms with Crippen molar-refractivity contribution >= 4 is 71.0 Å². The van der Waals surface area contributed by atoms with Crippen LogP contribution in [0.5, 0.6) is 0 Å². The number of rotatable bonds is 3. The zero-order valence-corrected chi connectivity index (χ0v) is 16.7. The minimum absolute atomic E-state index is 0.00948. The molecule has 0 aliphatic carbocycles. The smallest absolute Gasteiger partial charge is 0.217 e. The van der Waals surface area contributed by atoms with Crippen LogP contribution in [0.4, 0.5) is 0 Å². The van der Waals surface area contributed by atoms with E-state index in [4.69, 9.17) is 23.2 Å². The van der Waals surface area contributed by atoms with Crippen LogP contribution in [0.3, 0.4) is 0 Å². The number of hydrogen-bond acceptors (Lipinski definition) is 3. The molecule has 0 bridgehead atoms. The number of allylic oxidation sites excluding steroid dienone is 1. The van der Waals surface area contributed by atoms with Gasteiger partial charge in [0.1, 0.15) is 11.0 Å². The van der Waals surface area contributed by atoms with Crippen LogP contribution >= 0.6 is 55.1 Å². The van der Waals surface area contributed by atoms with Crippen molar-refractivity contribution in [3.05, 3.63) is 65.9 Å². The van der Waals surface area contributed by atoms with Gasteiger partial charge in [0.15, 0.2) is 0 Å². The minimum Gasteiger partial charge on any atom is -0.218 e. The number of nitrogens with zero attached hydrogens (tertiary/aromatic N) is 1. The highest BCUT2D eigenvalue weighted by Gasteiger charge is 2.24. The van der Waals surface area contributed by atoms with Crippen LogP contribution in [0.2, 0.25) is 10.0 Å². The van der Waals surface area contributed by atoms with Gasteiger partial charge in [0.25, 0.3) is 0 Å². The van der Waals surface area contributed by atoms with Gasteiger partial charge in [0.2, 0.25) is 9.84 Å². The van der Waals surface area contributed by atoms with Gasteiger partial charge in [0, 0.05) is 19.0 Å². The fourth-order valence-corrected chi connectivity index (χ4v) is 4.84. The number of halogens is 4. The van der Waals surface area contributed by atoms with Gasteiger partial charge in [-0.1, -0.05) is 45.2 Å². The fourth-order valence-electron chi connectivity index (χ4n) is 1.73. The van der Waals surface area contributed by atoms with E-state index in [2.05, 4.69) is 31.9 Å². The Morgan fingerprint density at radius 1 is 1.13 bits per heavy atom. The molecule has 3 nitrogen and oxygen atoms in total. The third-order valence-electron chi connectivity index (χ3n) is 2.83. The van der Waals surface area contributed by atoms with Crippen LogP contribution in [-0.2, 0) is 9.84 Å². The molecule has 0 atom stereocenters. The molecule has 23 heavy (non-hydrogen) atoms. The van der Waals surface area contributed by atoms with Crippen LogP contribution in [0.15, 0.2) is 55.1 Å². The van der Waals surface area contributed by atoms with Crippen molar-refractivity contribution in [1.82, 2.24) is 0 Å². The lowest BCUT2D eigenvalue weighted by atomic mass is 10.2. The predicted molar refractivity (Wildman–Crippen MR) is 99.1 cm³/mol. The maximum absolute atomic E-state index is 12.7. The predicted octanol–water partition coefficient (Wildman–Crippen LogP) is 5.86. The molecular weight excluding hydrogens is 489 g/mol. The summed E-state index contributed by atoms with van der Waals surface area (Å²) in [6, 6.07) is 11.0. The lowest BCUT2D eigenvalue weighted by Gasteiger charge is -2.07. The first kappa shape index (κ1) is 18.5. The van der Waals surface area contributed by atoms with Crippen molar-refractivity contribution in [3.8, 4) is 6.07 Å². The summed E-state index contributed by atoms with van der Waals surface area (Å²) >= 11 is 18.3. The summed E-state index contributed by atoms with van der Waals surface area (Å²) in [7, 11) is -4.00. The molecule has 0 saturated heterocycles. The Kier molecular flexibility index (Phi) is 5.93. The first-order chi connectivity index (χ1) is 10.8. The molecule has 8 heteroatoms. The second-order valence-corrected chi connectivity index (χ2v) is 8.86. The molecule has 0 unspecified atom stereocenters. The number of nitriles is 1. The second kappa shape index (κ2) is 7.37. The van der Waals surface area contributed by atoms with E-state index in [0.717, 1.165) is 0 Å². The number of benzene rings is 2. The van der Waals surface area contributed by atoms with Crippen LogP contribution < -0.4 is 0 Å². The van der Waals surface area contributed by atoms with E-state index in [1.165, 1.54) is 18.2 Å². The molecule has 0 spiro atoms. The quantitative estimate of drug-likeness (QED) is 0.501. The van der Waals surface area contributed by atoms with E-state index in [1.54, 1.807) is 30.3 Å². The lowest BCUT2D eigenvalue weighted by molar-refractivity contribution is 0.603. The Morgan fingerprint density at radius 3 is 2.43 bits per heavy atom. The van der Waals surface area contributed by atoms with Crippen molar-refractivity contribution < 1.29 is 8.42 Å². The van der Waals surface area contributed by atoms with E-state index in [1.807, 2.05) is 0 Å². The number of sulfone groups is 1. The van der Waals surface area contributed by atoms with Crippen molar-refractivity contribution in [1.29, 1.82) is 5.26 Å². The van der Waals surface area contributed by atoms with E-state index < -0.39 is 14.7 Å². The Labute approximate surface area is 160 Å². The topological polar surface area (TPSA) is 57.9 Å². The SMILES string of the molecule is N#CC(=Cc1ccc(Cl)cc1Cl)S(=O)(=O)c1cc(Br)ccc1Br. The molecule has 118 valence electrons. The zero-order chi connectivity index (χ0) is 17.2. The molecule has 0 aromatic heterocycles. The van der Waals surface area contributed by atoms with Crippen LogP contribution in [0.1, 0.15) is 5.56 Å². The molecule has 0 saturated carbocycles. The van der Waals surface area contributed by atoms with E-state index in [9.17, 15) is 13.7 Å². The largest absolute Gasteiger partial charge is 0.218 e. The molecule has 2 rings (SSSR count). The molecule has 0 fully saturated rings. The van der Waals surface area contributed by atoms with Crippen molar-refractivity contribution in [2.45, 2.75) is 4.90 Å². The molecule has 0 amide bonds. The highest BCUT2D eigenvalue weighted by atomic mass is 79.9. The molecule has 0 heterocycles. The first-order valence-corrected chi connectivity index (χ1v) is 9.85. The highest BCUT2D eigenvalue weighted by Crippen LogP contribution is 2.31. The summed E-state index contributed by atoms with van der Waals surface area (Å²) in [5.41, 5.74) is 0.391. The van der Waals surface area contributed by atoms with E-state index in [0.29, 0.717) is 19.5 Å². The summed E-state index contributed by atoms with van der Waals surface area (Å²) in [6.07, 6.45) is 1.22. The Hall–Kier alpha value is -0.840. The van der Waals surface area contributed by atoms with Crippen molar-refractivity contribution in [2.75, 3.05) is 0 Å². The monoisotopic (exact) mass is 493 g/mol.